The Hall–Kier alpha value is -1.56. The van der Waals surface area contributed by atoms with Crippen molar-refractivity contribution in [1.29, 1.82) is 0 Å². The average molecular weight is 589 g/mol. The monoisotopic (exact) mass is 589 g/mol. The molecule has 2 aromatic carbocycles. The highest BCUT2D eigenvalue weighted by atomic mass is 14.4. The van der Waals surface area contributed by atoms with E-state index < -0.39 is 0 Å². The van der Waals surface area contributed by atoms with Gasteiger partial charge in [0.2, 0.25) is 0 Å². The molecule has 0 heteroatoms. The minimum Gasteiger partial charge on any atom is -0.0581 e. The van der Waals surface area contributed by atoms with E-state index in [-0.39, 0.29) is 37.9 Å². The number of hydrogen-bond donors (Lipinski definition) is 0. The van der Waals surface area contributed by atoms with E-state index >= 15 is 0 Å². The van der Waals surface area contributed by atoms with Gasteiger partial charge in [-0.2, -0.15) is 0 Å². The Morgan fingerprint density at radius 3 is 0.860 bits per heavy atom. The van der Waals surface area contributed by atoms with Gasteiger partial charge in [-0.3, -0.25) is 0 Å². The molecular weight excluding hydrogens is 516 g/mol. The summed E-state index contributed by atoms with van der Waals surface area (Å²) in [6.07, 6.45) is 1.05. The van der Waals surface area contributed by atoms with E-state index in [9.17, 15) is 0 Å². The predicted molar refractivity (Wildman–Crippen MR) is 196 cm³/mol. The maximum absolute atomic E-state index is 2.60. The summed E-state index contributed by atoms with van der Waals surface area (Å²) in [5.74, 6) is 0.390. The van der Waals surface area contributed by atoms with Crippen molar-refractivity contribution in [1.82, 2.24) is 0 Å². The molecule has 0 N–H and O–H groups in total. The smallest absolute Gasteiger partial charge is 0.0126 e. The Kier molecular flexibility index (Phi) is 9.93. The van der Waals surface area contributed by atoms with Crippen LogP contribution in [0, 0.1) is 0 Å². The Bertz CT molecular complexity index is 1210. The van der Waals surface area contributed by atoms with Gasteiger partial charge in [-0.15, -0.1) is 0 Å². The first-order valence-electron chi connectivity index (χ1n) is 17.1. The zero-order chi connectivity index (χ0) is 34.1. The second-order valence-electron chi connectivity index (χ2n) is 21.0. The van der Waals surface area contributed by atoms with Crippen LogP contribution < -0.4 is 0 Å². The van der Waals surface area contributed by atoms with Crippen LogP contribution in [0.3, 0.4) is 0 Å². The normalized spacial score (nSPS) is 15.2. The molecular formula is C43H72. The molecule has 0 spiro atoms. The SMILES string of the molecule is CC(Cc1c(C(C)(C)C)c(C(C)(C)C)cc(C(C)(C)C)c1C(C)(C)C)c1cc(C(C)(C)C)c(C(C)(C)C)c(C(C)(C)C)c1. The van der Waals surface area contributed by atoms with Crippen LogP contribution >= 0.6 is 0 Å². The van der Waals surface area contributed by atoms with Gasteiger partial charge in [-0.05, 0) is 100 Å². The fourth-order valence-electron chi connectivity index (χ4n) is 7.20. The zero-order valence-corrected chi connectivity index (χ0v) is 33.0. The van der Waals surface area contributed by atoms with Gasteiger partial charge in [-0.25, -0.2) is 0 Å². The first-order valence-corrected chi connectivity index (χ1v) is 17.1. The van der Waals surface area contributed by atoms with Gasteiger partial charge in [-0.1, -0.05) is 171 Å². The highest BCUT2D eigenvalue weighted by molar-refractivity contribution is 5.57. The molecule has 0 aliphatic carbocycles. The highest BCUT2D eigenvalue weighted by Gasteiger charge is 2.38. The van der Waals surface area contributed by atoms with Crippen molar-refractivity contribution < 1.29 is 0 Å². The van der Waals surface area contributed by atoms with Crippen molar-refractivity contribution >= 4 is 0 Å². The molecule has 2 aromatic rings. The summed E-state index contributed by atoms with van der Waals surface area (Å²) < 4.78 is 0. The van der Waals surface area contributed by atoms with E-state index in [2.05, 4.69) is 171 Å². The summed E-state index contributed by atoms with van der Waals surface area (Å²) in [4.78, 5) is 0. The van der Waals surface area contributed by atoms with Crippen LogP contribution in [0.1, 0.15) is 208 Å². The van der Waals surface area contributed by atoms with Gasteiger partial charge in [0, 0.05) is 0 Å². The maximum atomic E-state index is 2.60. The van der Waals surface area contributed by atoms with Gasteiger partial charge in [0.25, 0.3) is 0 Å². The molecule has 0 nitrogen and oxygen atoms in total. The first kappa shape index (κ1) is 37.6. The molecule has 43 heavy (non-hydrogen) atoms. The van der Waals surface area contributed by atoms with Crippen molar-refractivity contribution in [2.75, 3.05) is 0 Å². The van der Waals surface area contributed by atoms with Crippen LogP contribution in [-0.2, 0) is 44.3 Å². The topological polar surface area (TPSA) is 0 Å². The summed E-state index contributed by atoms with van der Waals surface area (Å²) in [5.41, 5.74) is 14.2. The fourth-order valence-corrected chi connectivity index (χ4v) is 7.20. The average Bonchev–Trinajstić information content (AvgIpc) is 2.72. The van der Waals surface area contributed by atoms with E-state index in [0.717, 1.165) is 6.42 Å². The molecule has 0 radical (unpaired) electrons. The highest BCUT2D eigenvalue weighted by Crippen LogP contribution is 2.48. The molecule has 0 saturated carbocycles. The van der Waals surface area contributed by atoms with E-state index in [1.807, 2.05) is 0 Å². The lowest BCUT2D eigenvalue weighted by atomic mass is 9.63. The first-order chi connectivity index (χ1) is 18.7. The van der Waals surface area contributed by atoms with Crippen molar-refractivity contribution in [3.05, 3.63) is 68.3 Å². The number of rotatable bonds is 3. The minimum absolute atomic E-state index is 0.0390. The van der Waals surface area contributed by atoms with Crippen molar-refractivity contribution in [2.45, 2.75) is 203 Å². The molecule has 1 atom stereocenters. The molecule has 0 aromatic heterocycles. The molecule has 0 aliphatic rings. The van der Waals surface area contributed by atoms with Gasteiger partial charge in [0.15, 0.2) is 0 Å². The third kappa shape index (κ3) is 8.38. The molecule has 0 fully saturated rings. The lowest BCUT2D eigenvalue weighted by molar-refractivity contribution is 0.486. The lowest BCUT2D eigenvalue weighted by Gasteiger charge is -2.41. The standard InChI is InChI=1S/C43H72/c1-27(28-24-30(37(2,3)4)36(43(20,21)22)31(25-28)38(5,6)7)23-29-34(41(14,15)16)32(39(8,9)10)26-33(40(11,12)13)35(29)42(17,18)19/h24-27H,23H2,1-22H3. The van der Waals surface area contributed by atoms with Gasteiger partial charge in [0.05, 0.1) is 0 Å². The van der Waals surface area contributed by atoms with Crippen molar-refractivity contribution in [3.8, 4) is 0 Å². The van der Waals surface area contributed by atoms with E-state index in [0.29, 0.717) is 5.92 Å². The van der Waals surface area contributed by atoms with Gasteiger partial charge in [0.1, 0.15) is 0 Å². The molecule has 0 aliphatic heterocycles. The predicted octanol–water partition coefficient (Wildman–Crippen LogP) is 13.1. The van der Waals surface area contributed by atoms with Crippen LogP contribution in [0.25, 0.3) is 0 Å². The molecule has 0 saturated heterocycles. The third-order valence-corrected chi connectivity index (χ3v) is 9.15. The molecule has 2 rings (SSSR count). The number of benzene rings is 2. The summed E-state index contributed by atoms with van der Waals surface area (Å²) in [7, 11) is 0. The molecule has 0 amide bonds. The lowest BCUT2D eigenvalue weighted by Crippen LogP contribution is -2.32. The minimum atomic E-state index is 0.0390. The van der Waals surface area contributed by atoms with Crippen LogP contribution in [0.4, 0.5) is 0 Å². The van der Waals surface area contributed by atoms with E-state index in [1.165, 1.54) is 27.8 Å². The Morgan fingerprint density at radius 1 is 0.372 bits per heavy atom. The van der Waals surface area contributed by atoms with Crippen LogP contribution in [-0.4, -0.2) is 0 Å². The zero-order valence-electron chi connectivity index (χ0n) is 33.0. The van der Waals surface area contributed by atoms with Gasteiger partial charge < -0.3 is 0 Å². The van der Waals surface area contributed by atoms with Crippen LogP contribution in [0.5, 0.6) is 0 Å². The van der Waals surface area contributed by atoms with Crippen molar-refractivity contribution in [3.63, 3.8) is 0 Å². The molecule has 1 unspecified atom stereocenters. The van der Waals surface area contributed by atoms with Crippen molar-refractivity contribution in [2.24, 2.45) is 0 Å². The summed E-state index contributed by atoms with van der Waals surface area (Å²) in [5, 5.41) is 0. The van der Waals surface area contributed by atoms with Crippen LogP contribution in [0.2, 0.25) is 0 Å². The Balaban J connectivity index is 3.14. The van der Waals surface area contributed by atoms with Gasteiger partial charge >= 0.3 is 0 Å². The molecule has 244 valence electrons. The molecule has 0 heterocycles. The van der Waals surface area contributed by atoms with Crippen LogP contribution in [0.15, 0.2) is 18.2 Å². The number of hydrogen-bond acceptors (Lipinski definition) is 0. The second kappa shape index (κ2) is 11.4. The third-order valence-electron chi connectivity index (χ3n) is 9.15. The quantitative estimate of drug-likeness (QED) is 0.334. The van der Waals surface area contributed by atoms with E-state index in [4.69, 9.17) is 0 Å². The maximum Gasteiger partial charge on any atom is -0.0126 e. The summed E-state index contributed by atoms with van der Waals surface area (Å²) in [6, 6.07) is 7.78. The summed E-state index contributed by atoms with van der Waals surface area (Å²) >= 11 is 0. The molecule has 0 bridgehead atoms. The summed E-state index contributed by atoms with van der Waals surface area (Å²) in [6.45, 7) is 53.1. The largest absolute Gasteiger partial charge is 0.0581 e. The van der Waals surface area contributed by atoms with E-state index in [1.54, 1.807) is 22.3 Å². The Labute approximate surface area is 270 Å². The Morgan fingerprint density at radius 2 is 0.628 bits per heavy atom. The fraction of sp³-hybridized carbons (Fsp3) is 0.721. The second-order valence-corrected chi connectivity index (χ2v) is 21.0.